The fourth-order valence-corrected chi connectivity index (χ4v) is 3.31. The Kier molecular flexibility index (Phi) is 10.1. The summed E-state index contributed by atoms with van der Waals surface area (Å²) in [6.07, 6.45) is 1.10. The van der Waals surface area contributed by atoms with E-state index < -0.39 is 0 Å². The predicted molar refractivity (Wildman–Crippen MR) is 95.2 cm³/mol. The molecule has 1 aromatic rings. The van der Waals surface area contributed by atoms with Gasteiger partial charge in [-0.3, -0.25) is 4.90 Å². The van der Waals surface area contributed by atoms with Crippen LogP contribution in [0.4, 0.5) is 4.39 Å². The fourth-order valence-electron chi connectivity index (χ4n) is 2.83. The molecule has 0 aliphatic carbocycles. The van der Waals surface area contributed by atoms with Crippen molar-refractivity contribution in [2.24, 2.45) is 5.92 Å². The van der Waals surface area contributed by atoms with Gasteiger partial charge in [0.05, 0.1) is 0 Å². The second-order valence-corrected chi connectivity index (χ2v) is 6.23. The van der Waals surface area contributed by atoms with Crippen molar-refractivity contribution in [3.8, 4) is 0 Å². The van der Waals surface area contributed by atoms with Crippen molar-refractivity contribution in [2.75, 3.05) is 26.2 Å². The summed E-state index contributed by atoms with van der Waals surface area (Å²) in [6.45, 7) is 8.55. The molecule has 1 heterocycles. The first-order valence-corrected chi connectivity index (χ1v) is 7.82. The van der Waals surface area contributed by atoms with Crippen LogP contribution < -0.4 is 5.32 Å². The Labute approximate surface area is 147 Å². The highest BCUT2D eigenvalue weighted by Gasteiger charge is 2.26. The molecule has 0 aromatic heterocycles. The number of piperazine rings is 1. The summed E-state index contributed by atoms with van der Waals surface area (Å²) in [5.74, 6) is 0.361. The van der Waals surface area contributed by atoms with E-state index in [1.54, 1.807) is 6.07 Å². The molecule has 2 nitrogen and oxygen atoms in total. The van der Waals surface area contributed by atoms with E-state index in [0.717, 1.165) is 42.6 Å². The lowest BCUT2D eigenvalue weighted by atomic mass is 9.90. The molecule has 1 saturated heterocycles. The quantitative estimate of drug-likeness (QED) is 0.802. The molecule has 2 rings (SSSR count). The van der Waals surface area contributed by atoms with E-state index in [2.05, 4.69) is 46.1 Å². The van der Waals surface area contributed by atoms with Crippen molar-refractivity contribution in [1.82, 2.24) is 10.2 Å². The van der Waals surface area contributed by atoms with Gasteiger partial charge < -0.3 is 5.32 Å². The number of rotatable bonds is 4. The van der Waals surface area contributed by atoms with E-state index in [1.165, 1.54) is 6.07 Å². The van der Waals surface area contributed by atoms with E-state index in [-0.39, 0.29) is 30.6 Å². The molecule has 1 fully saturated rings. The normalized spacial score (nSPS) is 18.3. The molecule has 122 valence electrons. The summed E-state index contributed by atoms with van der Waals surface area (Å²) >= 11 is 3.41. The van der Waals surface area contributed by atoms with Crippen LogP contribution in [0.3, 0.4) is 0 Å². The maximum atomic E-state index is 13.7. The van der Waals surface area contributed by atoms with Crippen molar-refractivity contribution in [3.05, 3.63) is 34.1 Å². The van der Waals surface area contributed by atoms with Gasteiger partial charge in [0.1, 0.15) is 5.82 Å². The van der Waals surface area contributed by atoms with E-state index >= 15 is 0 Å². The summed E-state index contributed by atoms with van der Waals surface area (Å²) in [7, 11) is 0. The molecule has 0 bridgehead atoms. The molecular formula is C15H24BrCl2FN2. The smallest absolute Gasteiger partial charge is 0.124 e. The summed E-state index contributed by atoms with van der Waals surface area (Å²) in [5, 5.41) is 3.38. The number of benzene rings is 1. The molecule has 0 amide bonds. The van der Waals surface area contributed by atoms with Gasteiger partial charge in [0.15, 0.2) is 0 Å². The molecule has 0 spiro atoms. The zero-order valence-corrected chi connectivity index (χ0v) is 15.7. The van der Waals surface area contributed by atoms with Crippen LogP contribution in [0, 0.1) is 11.7 Å². The number of nitrogens with zero attached hydrogens (tertiary/aromatic N) is 1. The highest BCUT2D eigenvalue weighted by Crippen LogP contribution is 2.32. The third kappa shape index (κ3) is 5.68. The van der Waals surface area contributed by atoms with Gasteiger partial charge in [-0.25, -0.2) is 4.39 Å². The fraction of sp³-hybridized carbons (Fsp3) is 0.600. The topological polar surface area (TPSA) is 15.3 Å². The van der Waals surface area contributed by atoms with E-state index in [0.29, 0.717) is 12.0 Å². The SMILES string of the molecule is CCC(C)[C@H](c1cc(F)cc(Br)c1)N1CCNCC1.Cl.Cl. The van der Waals surface area contributed by atoms with Gasteiger partial charge in [-0.05, 0) is 29.7 Å². The van der Waals surface area contributed by atoms with E-state index in [9.17, 15) is 4.39 Å². The average molecular weight is 402 g/mol. The maximum absolute atomic E-state index is 13.7. The third-order valence-electron chi connectivity index (χ3n) is 3.95. The van der Waals surface area contributed by atoms with Gasteiger partial charge in [-0.15, -0.1) is 24.8 Å². The molecule has 1 aliphatic heterocycles. The largest absolute Gasteiger partial charge is 0.314 e. The molecule has 6 heteroatoms. The van der Waals surface area contributed by atoms with Crippen molar-refractivity contribution in [2.45, 2.75) is 26.3 Å². The molecule has 1 N–H and O–H groups in total. The predicted octanol–water partition coefficient (Wildman–Crippen LogP) is 4.42. The second kappa shape index (κ2) is 10.0. The van der Waals surface area contributed by atoms with Crippen LogP contribution in [-0.2, 0) is 0 Å². The molecule has 2 atom stereocenters. The second-order valence-electron chi connectivity index (χ2n) is 5.32. The van der Waals surface area contributed by atoms with Crippen LogP contribution >= 0.6 is 40.7 Å². The standard InChI is InChI=1S/C15H22BrFN2.2ClH/c1-3-11(2)15(19-6-4-18-5-7-19)12-8-13(16)10-14(17)9-12;;/h8-11,15,18H,3-7H2,1-2H3;2*1H/t11?,15-;;/m1../s1. The Morgan fingerprint density at radius 1 is 1.24 bits per heavy atom. The Hall–Kier alpha value is 0.130. The summed E-state index contributed by atoms with van der Waals surface area (Å²) in [4.78, 5) is 2.48. The van der Waals surface area contributed by atoms with Crippen molar-refractivity contribution in [1.29, 1.82) is 0 Å². The zero-order valence-electron chi connectivity index (χ0n) is 12.4. The van der Waals surface area contributed by atoms with Gasteiger partial charge in [0, 0.05) is 36.7 Å². The lowest BCUT2D eigenvalue weighted by Crippen LogP contribution is -2.46. The van der Waals surface area contributed by atoms with Crippen molar-refractivity contribution >= 4 is 40.7 Å². The summed E-state index contributed by atoms with van der Waals surface area (Å²) in [6, 6.07) is 5.57. The average Bonchev–Trinajstić information content (AvgIpc) is 2.39. The lowest BCUT2D eigenvalue weighted by molar-refractivity contribution is 0.128. The van der Waals surface area contributed by atoms with Gasteiger partial charge in [-0.1, -0.05) is 36.2 Å². The summed E-state index contributed by atoms with van der Waals surface area (Å²) < 4.78 is 14.5. The molecule has 21 heavy (non-hydrogen) atoms. The van der Waals surface area contributed by atoms with Crippen molar-refractivity contribution in [3.63, 3.8) is 0 Å². The molecule has 0 radical (unpaired) electrons. The minimum Gasteiger partial charge on any atom is -0.314 e. The van der Waals surface area contributed by atoms with Gasteiger partial charge in [0.2, 0.25) is 0 Å². The zero-order chi connectivity index (χ0) is 13.8. The third-order valence-corrected chi connectivity index (χ3v) is 4.41. The lowest BCUT2D eigenvalue weighted by Gasteiger charge is -2.38. The molecule has 1 unspecified atom stereocenters. The number of halogens is 4. The van der Waals surface area contributed by atoms with Crippen LogP contribution in [0.2, 0.25) is 0 Å². The Morgan fingerprint density at radius 2 is 1.86 bits per heavy atom. The van der Waals surface area contributed by atoms with E-state index in [1.807, 2.05) is 0 Å². The van der Waals surface area contributed by atoms with Crippen LogP contribution in [0.25, 0.3) is 0 Å². The molecule has 0 saturated carbocycles. The highest BCUT2D eigenvalue weighted by atomic mass is 79.9. The summed E-state index contributed by atoms with van der Waals surface area (Å²) in [5.41, 5.74) is 1.09. The van der Waals surface area contributed by atoms with E-state index in [4.69, 9.17) is 0 Å². The first-order chi connectivity index (χ1) is 9.11. The first kappa shape index (κ1) is 21.1. The first-order valence-electron chi connectivity index (χ1n) is 7.02. The number of hydrogen-bond donors (Lipinski definition) is 1. The molecule has 1 aromatic carbocycles. The minimum absolute atomic E-state index is 0. The Balaban J connectivity index is 0.00000200. The van der Waals surface area contributed by atoms with Gasteiger partial charge in [-0.2, -0.15) is 0 Å². The van der Waals surface area contributed by atoms with Crippen LogP contribution in [0.15, 0.2) is 22.7 Å². The number of nitrogens with one attached hydrogen (secondary N) is 1. The highest BCUT2D eigenvalue weighted by molar-refractivity contribution is 9.10. The van der Waals surface area contributed by atoms with Crippen LogP contribution in [0.5, 0.6) is 0 Å². The van der Waals surface area contributed by atoms with Gasteiger partial charge in [0.25, 0.3) is 0 Å². The van der Waals surface area contributed by atoms with Crippen LogP contribution in [-0.4, -0.2) is 31.1 Å². The Bertz CT molecular complexity index is 408. The monoisotopic (exact) mass is 400 g/mol. The minimum atomic E-state index is -0.159. The Morgan fingerprint density at radius 3 is 2.38 bits per heavy atom. The van der Waals surface area contributed by atoms with Crippen LogP contribution in [0.1, 0.15) is 31.9 Å². The van der Waals surface area contributed by atoms with Gasteiger partial charge >= 0.3 is 0 Å². The maximum Gasteiger partial charge on any atom is 0.124 e. The molecule has 1 aliphatic rings. The number of hydrogen-bond acceptors (Lipinski definition) is 2. The molecular weight excluding hydrogens is 378 g/mol. The van der Waals surface area contributed by atoms with Crippen molar-refractivity contribution < 1.29 is 4.39 Å².